The summed E-state index contributed by atoms with van der Waals surface area (Å²) in [5, 5.41) is 16.8. The van der Waals surface area contributed by atoms with Crippen molar-refractivity contribution in [3.8, 4) is 17.4 Å². The summed E-state index contributed by atoms with van der Waals surface area (Å²) in [7, 11) is 3.33. The van der Waals surface area contributed by atoms with Crippen LogP contribution in [0, 0.1) is 0 Å². The lowest BCUT2D eigenvalue weighted by atomic mass is 10.2. The highest BCUT2D eigenvalue weighted by Gasteiger charge is 2.19. The van der Waals surface area contributed by atoms with E-state index < -0.39 is 5.69 Å². The molecule has 4 aromatic rings. The van der Waals surface area contributed by atoms with Crippen molar-refractivity contribution < 1.29 is 9.84 Å². The Morgan fingerprint density at radius 1 is 1.27 bits per heavy atom. The third kappa shape index (κ3) is 3.64. The number of nitrogens with one attached hydrogen (secondary N) is 2. The molecule has 3 aromatic heterocycles. The SMILES string of the molecule is COc1cc(-c2nc3c([nH]2)c(N[C@H](C)CO)nc(=O)n3Cc2ccccc2)n(C)n1. The lowest BCUT2D eigenvalue weighted by Crippen LogP contribution is -2.28. The van der Waals surface area contributed by atoms with Crippen molar-refractivity contribution in [2.24, 2.45) is 7.05 Å². The predicted molar refractivity (Wildman–Crippen MR) is 113 cm³/mol. The fourth-order valence-electron chi connectivity index (χ4n) is 3.20. The van der Waals surface area contributed by atoms with Crippen LogP contribution >= 0.6 is 0 Å². The fourth-order valence-corrected chi connectivity index (χ4v) is 3.20. The molecule has 30 heavy (non-hydrogen) atoms. The summed E-state index contributed by atoms with van der Waals surface area (Å²) >= 11 is 0. The number of aliphatic hydroxyl groups is 1. The number of methoxy groups -OCH3 is 1. The number of nitrogens with zero attached hydrogens (tertiary/aromatic N) is 5. The molecule has 3 N–H and O–H groups in total. The minimum absolute atomic E-state index is 0.101. The molecule has 0 aliphatic carbocycles. The number of hydrogen-bond donors (Lipinski definition) is 3. The van der Waals surface area contributed by atoms with E-state index in [4.69, 9.17) is 9.72 Å². The topological polar surface area (TPSA) is 123 Å². The minimum atomic E-state index is -0.431. The molecule has 0 amide bonds. The van der Waals surface area contributed by atoms with Gasteiger partial charge in [0, 0.05) is 19.2 Å². The van der Waals surface area contributed by atoms with Gasteiger partial charge in [-0.05, 0) is 12.5 Å². The molecule has 3 heterocycles. The number of benzene rings is 1. The minimum Gasteiger partial charge on any atom is -0.480 e. The van der Waals surface area contributed by atoms with Crippen molar-refractivity contribution in [1.29, 1.82) is 0 Å². The molecular weight excluding hydrogens is 386 g/mol. The number of anilines is 1. The summed E-state index contributed by atoms with van der Waals surface area (Å²) in [6, 6.07) is 11.1. The second-order valence-corrected chi connectivity index (χ2v) is 7.02. The van der Waals surface area contributed by atoms with E-state index in [9.17, 15) is 9.90 Å². The normalized spacial score (nSPS) is 12.3. The van der Waals surface area contributed by atoms with Gasteiger partial charge < -0.3 is 20.1 Å². The lowest BCUT2D eigenvalue weighted by molar-refractivity contribution is 0.281. The Hall–Kier alpha value is -3.66. The van der Waals surface area contributed by atoms with Gasteiger partial charge >= 0.3 is 5.69 Å². The molecule has 10 nitrogen and oxygen atoms in total. The predicted octanol–water partition coefficient (Wildman–Crippen LogP) is 1.37. The van der Waals surface area contributed by atoms with E-state index in [1.807, 2.05) is 30.3 Å². The fraction of sp³-hybridized carbons (Fsp3) is 0.300. The van der Waals surface area contributed by atoms with E-state index in [2.05, 4.69) is 20.4 Å². The van der Waals surface area contributed by atoms with E-state index in [-0.39, 0.29) is 12.6 Å². The van der Waals surface area contributed by atoms with Crippen LogP contribution in [0.2, 0.25) is 0 Å². The molecule has 0 aliphatic rings. The molecule has 1 aromatic carbocycles. The van der Waals surface area contributed by atoms with Gasteiger partial charge in [-0.25, -0.2) is 9.78 Å². The number of hydrogen-bond acceptors (Lipinski definition) is 7. The Labute approximate surface area is 172 Å². The molecule has 0 aliphatic heterocycles. The van der Waals surface area contributed by atoms with Gasteiger partial charge in [0.25, 0.3) is 0 Å². The Bertz CT molecular complexity index is 1230. The van der Waals surface area contributed by atoms with Crippen molar-refractivity contribution in [2.45, 2.75) is 19.5 Å². The van der Waals surface area contributed by atoms with E-state index >= 15 is 0 Å². The number of rotatable bonds is 7. The third-order valence-corrected chi connectivity index (χ3v) is 4.77. The zero-order valence-electron chi connectivity index (χ0n) is 17.0. The molecule has 0 radical (unpaired) electrons. The van der Waals surface area contributed by atoms with Crippen molar-refractivity contribution in [1.82, 2.24) is 29.3 Å². The maximum Gasteiger partial charge on any atom is 0.351 e. The number of aryl methyl sites for hydroxylation is 1. The van der Waals surface area contributed by atoms with Gasteiger partial charge in [0.2, 0.25) is 5.88 Å². The third-order valence-electron chi connectivity index (χ3n) is 4.77. The van der Waals surface area contributed by atoms with E-state index in [1.165, 1.54) is 4.57 Å². The average Bonchev–Trinajstić information content (AvgIpc) is 3.35. The highest BCUT2D eigenvalue weighted by molar-refractivity contribution is 5.86. The molecule has 156 valence electrons. The number of aromatic nitrogens is 6. The van der Waals surface area contributed by atoms with Crippen molar-refractivity contribution in [2.75, 3.05) is 19.0 Å². The summed E-state index contributed by atoms with van der Waals surface area (Å²) in [5.74, 6) is 1.32. The summed E-state index contributed by atoms with van der Waals surface area (Å²) in [4.78, 5) is 25.0. The number of H-pyrrole nitrogens is 1. The highest BCUT2D eigenvalue weighted by atomic mass is 16.5. The largest absolute Gasteiger partial charge is 0.480 e. The van der Waals surface area contributed by atoms with Gasteiger partial charge in [0.05, 0.1) is 20.3 Å². The summed E-state index contributed by atoms with van der Waals surface area (Å²) in [6.07, 6.45) is 0. The first kappa shape index (κ1) is 19.6. The second kappa shape index (κ2) is 7.99. The van der Waals surface area contributed by atoms with Gasteiger partial charge in [-0.2, -0.15) is 4.98 Å². The monoisotopic (exact) mass is 409 g/mol. The van der Waals surface area contributed by atoms with Gasteiger partial charge in [-0.3, -0.25) is 9.25 Å². The quantitative estimate of drug-likeness (QED) is 0.421. The first-order valence-electron chi connectivity index (χ1n) is 9.50. The van der Waals surface area contributed by atoms with E-state index in [1.54, 1.807) is 31.8 Å². The Morgan fingerprint density at radius 2 is 2.03 bits per heavy atom. The van der Waals surface area contributed by atoms with Crippen LogP contribution in [0.4, 0.5) is 5.82 Å². The van der Waals surface area contributed by atoms with Crippen LogP contribution in [0.3, 0.4) is 0 Å². The van der Waals surface area contributed by atoms with Crippen molar-refractivity contribution in [3.63, 3.8) is 0 Å². The van der Waals surface area contributed by atoms with Crippen LogP contribution in [0.1, 0.15) is 12.5 Å². The molecule has 0 saturated carbocycles. The van der Waals surface area contributed by atoms with Gasteiger partial charge in [0.1, 0.15) is 11.2 Å². The van der Waals surface area contributed by atoms with Gasteiger partial charge in [-0.1, -0.05) is 30.3 Å². The van der Waals surface area contributed by atoms with Crippen LogP contribution in [0.15, 0.2) is 41.2 Å². The summed E-state index contributed by atoms with van der Waals surface area (Å²) in [6.45, 7) is 2.03. The molecule has 0 bridgehead atoms. The van der Waals surface area contributed by atoms with Crippen LogP contribution in [0.5, 0.6) is 5.88 Å². The first-order chi connectivity index (χ1) is 14.5. The van der Waals surface area contributed by atoms with E-state index in [0.29, 0.717) is 40.9 Å². The summed E-state index contributed by atoms with van der Waals surface area (Å²) < 4.78 is 8.37. The maximum absolute atomic E-state index is 12.8. The molecule has 0 spiro atoms. The number of ether oxygens (including phenoxy) is 1. The number of aromatic amines is 1. The number of fused-ring (bicyclic) bond motifs is 1. The van der Waals surface area contributed by atoms with Crippen LogP contribution < -0.4 is 15.7 Å². The second-order valence-electron chi connectivity index (χ2n) is 7.02. The van der Waals surface area contributed by atoms with Crippen LogP contribution in [-0.2, 0) is 13.6 Å². The van der Waals surface area contributed by atoms with E-state index in [0.717, 1.165) is 5.56 Å². The van der Waals surface area contributed by atoms with Crippen molar-refractivity contribution >= 4 is 17.0 Å². The lowest BCUT2D eigenvalue weighted by Gasteiger charge is -2.13. The van der Waals surface area contributed by atoms with Gasteiger partial charge in [-0.15, -0.1) is 5.10 Å². The smallest absolute Gasteiger partial charge is 0.351 e. The zero-order chi connectivity index (χ0) is 21.3. The number of imidazole rings is 1. The molecule has 0 unspecified atom stereocenters. The molecule has 4 rings (SSSR count). The van der Waals surface area contributed by atoms with Crippen LogP contribution in [0.25, 0.3) is 22.7 Å². The maximum atomic E-state index is 12.8. The van der Waals surface area contributed by atoms with Gasteiger partial charge in [0.15, 0.2) is 17.3 Å². The molecular formula is C20H23N7O3. The molecule has 10 heteroatoms. The summed E-state index contributed by atoms with van der Waals surface area (Å²) in [5.41, 5.74) is 2.25. The average molecular weight is 409 g/mol. The Morgan fingerprint density at radius 3 is 2.70 bits per heavy atom. The van der Waals surface area contributed by atoms with Crippen molar-refractivity contribution in [3.05, 3.63) is 52.4 Å². The molecule has 0 fully saturated rings. The Balaban J connectivity index is 1.90. The number of aliphatic hydroxyl groups excluding tert-OH is 1. The van der Waals surface area contributed by atoms with Crippen LogP contribution in [-0.4, -0.2) is 54.2 Å². The zero-order valence-corrected chi connectivity index (χ0v) is 17.0. The standard InChI is InChI=1S/C20H23N7O3/c1-12(11-28)21-18-16-19(23-17(22-16)14-9-15(30-3)25-26(14)2)27(20(29)24-18)10-13-7-5-4-6-8-13/h4-9,12,28H,10-11H2,1-3H3,(H,22,23)(H,21,24,29)/t12-/m1/s1. The Kier molecular flexibility index (Phi) is 5.23. The molecule has 0 saturated heterocycles. The molecule has 1 atom stereocenters. The highest BCUT2D eigenvalue weighted by Crippen LogP contribution is 2.26. The first-order valence-corrected chi connectivity index (χ1v) is 9.50.